The van der Waals surface area contributed by atoms with Crippen LogP contribution in [0.2, 0.25) is 0 Å². The van der Waals surface area contributed by atoms with Crippen molar-refractivity contribution in [2.24, 2.45) is 0 Å². The van der Waals surface area contributed by atoms with Gasteiger partial charge in [-0.05, 0) is 0 Å². The van der Waals surface area contributed by atoms with Crippen LogP contribution in [0.15, 0.2) is 12.0 Å². The van der Waals surface area contributed by atoms with Gasteiger partial charge in [0.2, 0.25) is 0 Å². The highest BCUT2D eigenvalue weighted by atomic mass is 16.6. The molecule has 0 saturated carbocycles. The predicted molar refractivity (Wildman–Crippen MR) is 24.6 cm³/mol. The van der Waals surface area contributed by atoms with Crippen LogP contribution in [0.5, 0.6) is 0 Å². The lowest BCUT2D eigenvalue weighted by atomic mass is 10.3. The van der Waals surface area contributed by atoms with Crippen molar-refractivity contribution in [3.8, 4) is 0 Å². The zero-order valence-corrected chi connectivity index (χ0v) is 4.05. The second kappa shape index (κ2) is 1.73. The topological polar surface area (TPSA) is 58.6 Å². The van der Waals surface area contributed by atoms with Crippen LogP contribution < -0.4 is 5.48 Å². The Labute approximate surface area is 45.7 Å². The molecule has 0 aromatic heterocycles. The number of aliphatic hydroxyl groups excluding tert-OH is 1. The average Bonchev–Trinajstić information content (AvgIpc) is 1.64. The number of hydrogen-bond acceptors (Lipinski definition) is 3. The van der Waals surface area contributed by atoms with Gasteiger partial charge >= 0.3 is 0 Å². The van der Waals surface area contributed by atoms with E-state index in [-0.39, 0.29) is 18.1 Å². The summed E-state index contributed by atoms with van der Waals surface area (Å²) in [5.41, 5.74) is 2.04. The van der Waals surface area contributed by atoms with Gasteiger partial charge in [0, 0.05) is 0 Å². The fraction of sp³-hybridized carbons (Fsp3) is 0.250. The molecule has 4 nitrogen and oxygen atoms in total. The largest absolute Gasteiger partial charge is 0.508 e. The molecule has 0 atom stereocenters. The van der Waals surface area contributed by atoms with Gasteiger partial charge in [0.1, 0.15) is 5.76 Å². The van der Waals surface area contributed by atoms with Crippen LogP contribution in [0.4, 0.5) is 0 Å². The number of nitrogens with one attached hydrogen (secondary N) is 1. The summed E-state index contributed by atoms with van der Waals surface area (Å²) in [6.45, 7) is 0. The van der Waals surface area contributed by atoms with Crippen LogP contribution in [-0.4, -0.2) is 11.0 Å². The summed E-state index contributed by atoms with van der Waals surface area (Å²) in [6, 6.07) is 0. The fourth-order valence-corrected chi connectivity index (χ4v) is 0.405. The van der Waals surface area contributed by atoms with E-state index < -0.39 is 0 Å². The molecule has 1 amide bonds. The van der Waals surface area contributed by atoms with Crippen molar-refractivity contribution in [2.75, 3.05) is 0 Å². The third kappa shape index (κ3) is 0.900. The van der Waals surface area contributed by atoms with Crippen molar-refractivity contribution in [3.05, 3.63) is 12.0 Å². The number of carbonyl (C=O) groups is 1. The molecular formula is C4H5NO3. The molecule has 1 aliphatic rings. The third-order valence-electron chi connectivity index (χ3n) is 0.709. The summed E-state index contributed by atoms with van der Waals surface area (Å²) in [5, 5.41) is 8.55. The summed E-state index contributed by atoms with van der Waals surface area (Å²) in [4.78, 5) is 14.5. The van der Waals surface area contributed by atoms with Gasteiger partial charge in [0.25, 0.3) is 5.91 Å². The number of carbonyl (C=O) groups excluding carboxylic acids is 1. The van der Waals surface area contributed by atoms with Gasteiger partial charge in [-0.3, -0.25) is 4.79 Å². The van der Waals surface area contributed by atoms with Crippen molar-refractivity contribution in [3.63, 3.8) is 0 Å². The molecule has 4 heteroatoms. The molecule has 0 fully saturated rings. The number of hydroxylamine groups is 1. The van der Waals surface area contributed by atoms with Crippen LogP contribution in [0.25, 0.3) is 0 Å². The molecule has 0 spiro atoms. The molecule has 0 unspecified atom stereocenters. The number of rotatable bonds is 0. The zero-order chi connectivity index (χ0) is 5.98. The molecule has 8 heavy (non-hydrogen) atoms. The van der Waals surface area contributed by atoms with Crippen molar-refractivity contribution in [2.45, 2.75) is 6.42 Å². The molecule has 0 radical (unpaired) electrons. The van der Waals surface area contributed by atoms with Crippen LogP contribution in [-0.2, 0) is 9.63 Å². The molecule has 0 aromatic rings. The van der Waals surface area contributed by atoms with Crippen LogP contribution in [0, 0.1) is 0 Å². The minimum absolute atomic E-state index is 0.0139. The van der Waals surface area contributed by atoms with Crippen molar-refractivity contribution < 1.29 is 14.7 Å². The first kappa shape index (κ1) is 4.96. The number of aliphatic hydroxyl groups is 1. The Balaban J connectivity index is 2.57. The lowest BCUT2D eigenvalue weighted by Gasteiger charge is -2.07. The minimum atomic E-state index is -0.329. The van der Waals surface area contributed by atoms with E-state index in [0.29, 0.717) is 0 Å². The molecule has 1 rings (SSSR count). The Morgan fingerprint density at radius 2 is 2.62 bits per heavy atom. The zero-order valence-electron chi connectivity index (χ0n) is 4.05. The first-order valence-corrected chi connectivity index (χ1v) is 2.11. The van der Waals surface area contributed by atoms with Gasteiger partial charge in [-0.25, -0.2) is 0 Å². The molecule has 0 aromatic carbocycles. The summed E-state index contributed by atoms with van der Waals surface area (Å²) >= 11 is 0. The second-order valence-corrected chi connectivity index (χ2v) is 1.43. The molecule has 0 saturated heterocycles. The van der Waals surface area contributed by atoms with E-state index in [4.69, 9.17) is 5.11 Å². The molecule has 0 aliphatic carbocycles. The SMILES string of the molecule is O=C1CC(O)=CON1. The molecule has 2 N–H and O–H groups in total. The quantitative estimate of drug-likeness (QED) is 0.461. The normalized spacial score (nSPS) is 18.5. The van der Waals surface area contributed by atoms with E-state index >= 15 is 0 Å². The number of hydrogen-bond donors (Lipinski definition) is 2. The smallest absolute Gasteiger partial charge is 0.260 e. The van der Waals surface area contributed by atoms with Gasteiger partial charge in [-0.2, -0.15) is 5.48 Å². The first-order valence-electron chi connectivity index (χ1n) is 2.11. The second-order valence-electron chi connectivity index (χ2n) is 1.43. The maximum atomic E-state index is 10.2. The van der Waals surface area contributed by atoms with Gasteiger partial charge in [-0.15, -0.1) is 0 Å². The maximum Gasteiger partial charge on any atom is 0.260 e. The highest BCUT2D eigenvalue weighted by Crippen LogP contribution is 1.99. The molecule has 1 aliphatic heterocycles. The van der Waals surface area contributed by atoms with Crippen molar-refractivity contribution >= 4 is 5.91 Å². The summed E-state index contributed by atoms with van der Waals surface area (Å²) in [7, 11) is 0. The highest BCUT2D eigenvalue weighted by molar-refractivity contribution is 5.77. The standard InChI is InChI=1S/C4H5NO3/c6-3-1-4(7)5-8-2-3/h2,6H,1H2,(H,5,7). The van der Waals surface area contributed by atoms with Crippen LogP contribution in [0.1, 0.15) is 6.42 Å². The van der Waals surface area contributed by atoms with Gasteiger partial charge in [0.15, 0.2) is 6.26 Å². The summed E-state index contributed by atoms with van der Waals surface area (Å²) in [6.07, 6.45) is 1.10. The summed E-state index contributed by atoms with van der Waals surface area (Å²) < 4.78 is 0. The molecule has 0 bridgehead atoms. The first-order chi connectivity index (χ1) is 3.79. The third-order valence-corrected chi connectivity index (χ3v) is 0.709. The summed E-state index contributed by atoms with van der Waals surface area (Å²) in [5.74, 6) is -0.376. The highest BCUT2D eigenvalue weighted by Gasteiger charge is 2.08. The van der Waals surface area contributed by atoms with Crippen molar-refractivity contribution in [1.82, 2.24) is 5.48 Å². The van der Waals surface area contributed by atoms with E-state index in [0.717, 1.165) is 6.26 Å². The fourth-order valence-electron chi connectivity index (χ4n) is 0.405. The van der Waals surface area contributed by atoms with E-state index in [2.05, 4.69) is 4.84 Å². The van der Waals surface area contributed by atoms with E-state index in [9.17, 15) is 4.79 Å². The van der Waals surface area contributed by atoms with E-state index in [1.54, 1.807) is 0 Å². The Hall–Kier alpha value is -1.19. The lowest BCUT2D eigenvalue weighted by molar-refractivity contribution is -0.131. The van der Waals surface area contributed by atoms with E-state index in [1.807, 2.05) is 5.48 Å². The Kier molecular flexibility index (Phi) is 1.07. The predicted octanol–water partition coefficient (Wildman–Crippen LogP) is -0.163. The van der Waals surface area contributed by atoms with E-state index in [1.165, 1.54) is 0 Å². The van der Waals surface area contributed by atoms with Crippen LogP contribution >= 0.6 is 0 Å². The lowest BCUT2D eigenvalue weighted by Crippen LogP contribution is -2.25. The molecule has 1 heterocycles. The number of amides is 1. The Morgan fingerprint density at radius 3 is 3.00 bits per heavy atom. The average molecular weight is 115 g/mol. The van der Waals surface area contributed by atoms with Gasteiger partial charge in [-0.1, -0.05) is 0 Å². The van der Waals surface area contributed by atoms with Crippen LogP contribution in [0.3, 0.4) is 0 Å². The van der Waals surface area contributed by atoms with Gasteiger partial charge in [0.05, 0.1) is 6.42 Å². The Bertz CT molecular complexity index is 140. The monoisotopic (exact) mass is 115 g/mol. The molecular weight excluding hydrogens is 110 g/mol. The van der Waals surface area contributed by atoms with Gasteiger partial charge < -0.3 is 9.94 Å². The molecule has 44 valence electrons. The maximum absolute atomic E-state index is 10.2. The minimum Gasteiger partial charge on any atom is -0.508 e. The Morgan fingerprint density at radius 1 is 1.88 bits per heavy atom. The van der Waals surface area contributed by atoms with Crippen molar-refractivity contribution in [1.29, 1.82) is 0 Å².